The molecule has 0 spiro atoms. The number of anilines is 1. The van der Waals surface area contributed by atoms with Crippen LogP contribution in [0.2, 0.25) is 0 Å². The molecular formula is C10H15NOS. The molecule has 0 fully saturated rings. The summed E-state index contributed by atoms with van der Waals surface area (Å²) in [5, 5.41) is 3.32. The maximum Gasteiger partial charge on any atom is 0.0635 e. The Morgan fingerprint density at radius 1 is 1.38 bits per heavy atom. The third-order valence-electron chi connectivity index (χ3n) is 1.73. The highest BCUT2D eigenvalue weighted by Gasteiger charge is 1.97. The van der Waals surface area contributed by atoms with Crippen molar-refractivity contribution in [3.05, 3.63) is 24.3 Å². The normalized spacial score (nSPS) is 10.0. The fourth-order valence-electron chi connectivity index (χ4n) is 1.08. The molecule has 13 heavy (non-hydrogen) atoms. The number of hydrogen-bond acceptors (Lipinski definition) is 3. The Labute approximate surface area is 83.7 Å². The second-order valence-corrected chi connectivity index (χ2v) is 3.47. The lowest BCUT2D eigenvalue weighted by Crippen LogP contribution is -2.07. The van der Waals surface area contributed by atoms with E-state index in [1.807, 2.05) is 12.1 Å². The first-order valence-electron chi connectivity index (χ1n) is 4.24. The van der Waals surface area contributed by atoms with Gasteiger partial charge < -0.3 is 10.1 Å². The van der Waals surface area contributed by atoms with Gasteiger partial charge in [0.2, 0.25) is 0 Å². The van der Waals surface area contributed by atoms with Crippen LogP contribution < -0.4 is 5.32 Å². The average molecular weight is 197 g/mol. The Morgan fingerprint density at radius 3 is 2.85 bits per heavy atom. The van der Waals surface area contributed by atoms with Crippen LogP contribution in [0.25, 0.3) is 0 Å². The molecule has 1 aromatic rings. The van der Waals surface area contributed by atoms with E-state index in [1.54, 1.807) is 18.9 Å². The van der Waals surface area contributed by atoms with Crippen molar-refractivity contribution in [3.63, 3.8) is 0 Å². The van der Waals surface area contributed by atoms with Gasteiger partial charge >= 0.3 is 0 Å². The van der Waals surface area contributed by atoms with Crippen LogP contribution in [0.4, 0.5) is 5.69 Å². The number of nitrogens with one attached hydrogen (secondary N) is 1. The summed E-state index contributed by atoms with van der Waals surface area (Å²) < 4.78 is 4.97. The second-order valence-electron chi connectivity index (χ2n) is 2.62. The van der Waals surface area contributed by atoms with E-state index in [0.717, 1.165) is 13.2 Å². The molecule has 0 bridgehead atoms. The minimum absolute atomic E-state index is 0.739. The SMILES string of the molecule is COCCNc1ccccc1SC. The molecule has 0 saturated heterocycles. The molecule has 0 radical (unpaired) electrons. The number of hydrogen-bond donors (Lipinski definition) is 1. The number of rotatable bonds is 5. The third-order valence-corrected chi connectivity index (χ3v) is 2.52. The number of para-hydroxylation sites is 1. The number of benzene rings is 1. The smallest absolute Gasteiger partial charge is 0.0635 e. The summed E-state index contributed by atoms with van der Waals surface area (Å²) in [6.07, 6.45) is 2.08. The van der Waals surface area contributed by atoms with Crippen LogP contribution in [0.15, 0.2) is 29.2 Å². The van der Waals surface area contributed by atoms with Crippen molar-refractivity contribution >= 4 is 17.4 Å². The molecule has 0 aliphatic carbocycles. The fourth-order valence-corrected chi connectivity index (χ4v) is 1.65. The van der Waals surface area contributed by atoms with Crippen LogP contribution in [0.3, 0.4) is 0 Å². The number of thioether (sulfide) groups is 1. The largest absolute Gasteiger partial charge is 0.383 e. The molecule has 0 aromatic heterocycles. The zero-order valence-corrected chi connectivity index (χ0v) is 8.86. The molecular weight excluding hydrogens is 182 g/mol. The second kappa shape index (κ2) is 5.89. The van der Waals surface area contributed by atoms with E-state index in [4.69, 9.17) is 4.74 Å². The van der Waals surface area contributed by atoms with Gasteiger partial charge in [-0.15, -0.1) is 11.8 Å². The van der Waals surface area contributed by atoms with Crippen LogP contribution in [0, 0.1) is 0 Å². The number of methoxy groups -OCH3 is 1. The van der Waals surface area contributed by atoms with Crippen molar-refractivity contribution in [2.24, 2.45) is 0 Å². The van der Waals surface area contributed by atoms with Crippen molar-refractivity contribution in [2.45, 2.75) is 4.90 Å². The summed E-state index contributed by atoms with van der Waals surface area (Å²) >= 11 is 1.75. The van der Waals surface area contributed by atoms with Gasteiger partial charge in [-0.2, -0.15) is 0 Å². The van der Waals surface area contributed by atoms with Gasteiger partial charge in [0.25, 0.3) is 0 Å². The van der Waals surface area contributed by atoms with E-state index in [1.165, 1.54) is 10.6 Å². The van der Waals surface area contributed by atoms with Crippen LogP contribution >= 0.6 is 11.8 Å². The van der Waals surface area contributed by atoms with Gasteiger partial charge in [-0.25, -0.2) is 0 Å². The highest BCUT2D eigenvalue weighted by Crippen LogP contribution is 2.24. The van der Waals surface area contributed by atoms with Crippen molar-refractivity contribution < 1.29 is 4.74 Å². The van der Waals surface area contributed by atoms with E-state index >= 15 is 0 Å². The fraction of sp³-hybridized carbons (Fsp3) is 0.400. The van der Waals surface area contributed by atoms with Crippen LogP contribution in [-0.4, -0.2) is 26.5 Å². The van der Waals surface area contributed by atoms with Gasteiger partial charge in [-0.1, -0.05) is 12.1 Å². The maximum atomic E-state index is 4.97. The Kier molecular flexibility index (Phi) is 4.72. The Balaban J connectivity index is 2.54. The van der Waals surface area contributed by atoms with E-state index in [9.17, 15) is 0 Å². The summed E-state index contributed by atoms with van der Waals surface area (Å²) in [4.78, 5) is 1.28. The van der Waals surface area contributed by atoms with Crippen molar-refractivity contribution in [3.8, 4) is 0 Å². The van der Waals surface area contributed by atoms with Gasteiger partial charge in [-0.05, 0) is 18.4 Å². The molecule has 1 aromatic carbocycles. The Hall–Kier alpha value is -0.670. The van der Waals surface area contributed by atoms with Crippen LogP contribution in [0.5, 0.6) is 0 Å². The van der Waals surface area contributed by atoms with Gasteiger partial charge in [-0.3, -0.25) is 0 Å². The quantitative estimate of drug-likeness (QED) is 0.579. The van der Waals surface area contributed by atoms with Crippen molar-refractivity contribution in [2.75, 3.05) is 31.8 Å². The minimum atomic E-state index is 0.739. The highest BCUT2D eigenvalue weighted by molar-refractivity contribution is 7.98. The molecule has 0 aliphatic rings. The van der Waals surface area contributed by atoms with Crippen LogP contribution in [0.1, 0.15) is 0 Å². The van der Waals surface area contributed by atoms with E-state index in [-0.39, 0.29) is 0 Å². The lowest BCUT2D eigenvalue weighted by atomic mass is 10.3. The van der Waals surface area contributed by atoms with E-state index < -0.39 is 0 Å². The molecule has 1 N–H and O–H groups in total. The zero-order valence-electron chi connectivity index (χ0n) is 8.04. The molecule has 0 aliphatic heterocycles. The molecule has 0 unspecified atom stereocenters. The molecule has 0 heterocycles. The van der Waals surface area contributed by atoms with Gasteiger partial charge in [0.1, 0.15) is 0 Å². The lowest BCUT2D eigenvalue weighted by Gasteiger charge is -2.09. The summed E-state index contributed by atoms with van der Waals surface area (Å²) in [6.45, 7) is 1.59. The first-order chi connectivity index (χ1) is 6.38. The average Bonchev–Trinajstić information content (AvgIpc) is 2.19. The van der Waals surface area contributed by atoms with Crippen molar-refractivity contribution in [1.82, 2.24) is 0 Å². The topological polar surface area (TPSA) is 21.3 Å². The Morgan fingerprint density at radius 2 is 2.15 bits per heavy atom. The molecule has 0 saturated carbocycles. The molecule has 2 nitrogen and oxygen atoms in total. The van der Waals surface area contributed by atoms with Gasteiger partial charge in [0, 0.05) is 24.2 Å². The first-order valence-corrected chi connectivity index (χ1v) is 5.46. The van der Waals surface area contributed by atoms with E-state index in [0.29, 0.717) is 0 Å². The third kappa shape index (κ3) is 3.28. The first kappa shape index (κ1) is 10.4. The zero-order chi connectivity index (χ0) is 9.52. The molecule has 72 valence electrons. The molecule has 0 atom stereocenters. The minimum Gasteiger partial charge on any atom is -0.383 e. The monoisotopic (exact) mass is 197 g/mol. The summed E-state index contributed by atoms with van der Waals surface area (Å²) in [6, 6.07) is 8.28. The number of ether oxygens (including phenoxy) is 1. The van der Waals surface area contributed by atoms with Gasteiger partial charge in [0.05, 0.1) is 6.61 Å². The predicted octanol–water partition coefficient (Wildman–Crippen LogP) is 2.47. The molecule has 0 amide bonds. The Bertz CT molecular complexity index is 252. The molecule has 3 heteroatoms. The van der Waals surface area contributed by atoms with Gasteiger partial charge in [0.15, 0.2) is 0 Å². The maximum absolute atomic E-state index is 4.97. The summed E-state index contributed by atoms with van der Waals surface area (Å²) in [5.74, 6) is 0. The predicted molar refractivity (Wildman–Crippen MR) is 58.6 cm³/mol. The highest BCUT2D eigenvalue weighted by atomic mass is 32.2. The molecule has 1 rings (SSSR count). The summed E-state index contributed by atoms with van der Waals surface area (Å²) in [7, 11) is 1.71. The summed E-state index contributed by atoms with van der Waals surface area (Å²) in [5.41, 5.74) is 1.19. The standard InChI is InChI=1S/C10H15NOS/c1-12-8-7-11-9-5-3-4-6-10(9)13-2/h3-6,11H,7-8H2,1-2H3. The van der Waals surface area contributed by atoms with E-state index in [2.05, 4.69) is 23.7 Å². The van der Waals surface area contributed by atoms with Crippen molar-refractivity contribution in [1.29, 1.82) is 0 Å². The lowest BCUT2D eigenvalue weighted by molar-refractivity contribution is 0.210. The van der Waals surface area contributed by atoms with Crippen LogP contribution in [-0.2, 0) is 4.74 Å².